The minimum Gasteiger partial charge on any atom is -0.315 e. The van der Waals surface area contributed by atoms with Crippen LogP contribution in [0.25, 0.3) is 0 Å². The van der Waals surface area contributed by atoms with E-state index in [-0.39, 0.29) is 12.4 Å². The smallest absolute Gasteiger partial charge is 0.0258 e. The van der Waals surface area contributed by atoms with Crippen molar-refractivity contribution in [3.8, 4) is 0 Å². The summed E-state index contributed by atoms with van der Waals surface area (Å²) in [5.41, 5.74) is 0. The summed E-state index contributed by atoms with van der Waals surface area (Å²) in [6, 6.07) is 0.782. The van der Waals surface area contributed by atoms with E-state index in [1.165, 1.54) is 26.2 Å². The van der Waals surface area contributed by atoms with Crippen molar-refractivity contribution < 1.29 is 0 Å². The zero-order valence-corrected chi connectivity index (χ0v) is 9.16. The molecule has 0 amide bonds. The van der Waals surface area contributed by atoms with Crippen LogP contribution in [0.2, 0.25) is 0 Å². The Morgan fingerprint density at radius 2 is 1.83 bits per heavy atom. The van der Waals surface area contributed by atoms with E-state index in [0.717, 1.165) is 12.0 Å². The third-order valence-corrected chi connectivity index (χ3v) is 2.76. The molecule has 0 bridgehead atoms. The lowest BCUT2D eigenvalue weighted by Gasteiger charge is -2.28. The van der Waals surface area contributed by atoms with Gasteiger partial charge in [-0.1, -0.05) is 20.8 Å². The molecule has 0 aromatic heterocycles. The lowest BCUT2D eigenvalue weighted by molar-refractivity contribution is 0.197. The zero-order chi connectivity index (χ0) is 8.27. The monoisotopic (exact) mass is 192 g/mol. The fraction of sp³-hybridized carbons (Fsp3) is 1.00. The second kappa shape index (κ2) is 5.79. The molecule has 1 heterocycles. The summed E-state index contributed by atoms with van der Waals surface area (Å²) >= 11 is 0. The molecule has 2 unspecified atom stereocenters. The quantitative estimate of drug-likeness (QED) is 0.727. The Balaban J connectivity index is 0.00000121. The van der Waals surface area contributed by atoms with Crippen LogP contribution in [0.15, 0.2) is 0 Å². The van der Waals surface area contributed by atoms with Gasteiger partial charge in [-0.3, -0.25) is 4.90 Å². The maximum Gasteiger partial charge on any atom is 0.0258 e. The summed E-state index contributed by atoms with van der Waals surface area (Å²) in [5, 5.41) is 3.43. The van der Waals surface area contributed by atoms with Crippen LogP contribution in [-0.4, -0.2) is 37.1 Å². The summed E-state index contributed by atoms with van der Waals surface area (Å²) in [4.78, 5) is 2.55. The first-order valence-electron chi connectivity index (χ1n) is 4.74. The number of likely N-dealkylation sites (N-methyl/N-ethyl adjacent to an activating group) is 1. The second-order valence-corrected chi connectivity index (χ2v) is 3.42. The van der Waals surface area contributed by atoms with Crippen molar-refractivity contribution >= 4 is 12.4 Å². The van der Waals surface area contributed by atoms with Gasteiger partial charge in [0.2, 0.25) is 0 Å². The molecule has 0 radical (unpaired) electrons. The predicted octanol–water partition coefficient (Wildman–Crippen LogP) is 1.36. The van der Waals surface area contributed by atoms with Crippen molar-refractivity contribution in [1.82, 2.24) is 10.2 Å². The molecule has 2 atom stereocenters. The van der Waals surface area contributed by atoms with Crippen molar-refractivity contribution in [2.45, 2.75) is 26.8 Å². The Hall–Kier alpha value is 0.210. The molecule has 0 saturated carbocycles. The lowest BCUT2D eigenvalue weighted by Crippen LogP contribution is -2.39. The molecule has 3 heteroatoms. The summed E-state index contributed by atoms with van der Waals surface area (Å²) in [5.74, 6) is 0.829. The highest BCUT2D eigenvalue weighted by Gasteiger charge is 2.26. The number of nitrogens with one attached hydrogen (secondary N) is 1. The molecular weight excluding hydrogens is 172 g/mol. The Kier molecular flexibility index (Phi) is 5.89. The van der Waals surface area contributed by atoms with Crippen LogP contribution in [0.4, 0.5) is 0 Å². The topological polar surface area (TPSA) is 15.3 Å². The summed E-state index contributed by atoms with van der Waals surface area (Å²) in [6.07, 6.45) is 0. The number of halogens is 1. The van der Waals surface area contributed by atoms with Crippen molar-refractivity contribution in [3.63, 3.8) is 0 Å². The van der Waals surface area contributed by atoms with E-state index in [9.17, 15) is 0 Å². The van der Waals surface area contributed by atoms with E-state index in [2.05, 4.69) is 31.0 Å². The van der Waals surface area contributed by atoms with Gasteiger partial charge in [0.05, 0.1) is 0 Å². The summed E-state index contributed by atoms with van der Waals surface area (Å²) in [7, 11) is 0. The molecular formula is C9H21ClN2. The predicted molar refractivity (Wildman–Crippen MR) is 56.0 cm³/mol. The molecule has 1 fully saturated rings. The van der Waals surface area contributed by atoms with E-state index in [4.69, 9.17) is 0 Å². The first-order chi connectivity index (χ1) is 5.29. The standard InChI is InChI=1S/C9H20N2.ClH/c1-4-11(5-2)9-7-10-6-8(9)3;/h8-10H,4-7H2,1-3H3;1H. The van der Waals surface area contributed by atoms with Crippen LogP contribution in [0.3, 0.4) is 0 Å². The van der Waals surface area contributed by atoms with Gasteiger partial charge in [0, 0.05) is 12.6 Å². The van der Waals surface area contributed by atoms with Gasteiger partial charge in [-0.25, -0.2) is 0 Å². The van der Waals surface area contributed by atoms with Crippen LogP contribution in [-0.2, 0) is 0 Å². The second-order valence-electron chi connectivity index (χ2n) is 3.42. The van der Waals surface area contributed by atoms with Crippen LogP contribution in [0.5, 0.6) is 0 Å². The number of hydrogen-bond acceptors (Lipinski definition) is 2. The molecule has 0 aromatic carbocycles. The van der Waals surface area contributed by atoms with Crippen LogP contribution >= 0.6 is 12.4 Å². The van der Waals surface area contributed by atoms with Gasteiger partial charge >= 0.3 is 0 Å². The minimum absolute atomic E-state index is 0. The van der Waals surface area contributed by atoms with Crippen molar-refractivity contribution in [2.75, 3.05) is 26.2 Å². The normalized spacial score (nSPS) is 29.0. The highest BCUT2D eigenvalue weighted by atomic mass is 35.5. The fourth-order valence-corrected chi connectivity index (χ4v) is 1.98. The SMILES string of the molecule is CCN(CC)C1CNCC1C.Cl. The maximum absolute atomic E-state index is 3.43. The number of hydrogen-bond donors (Lipinski definition) is 1. The molecule has 74 valence electrons. The van der Waals surface area contributed by atoms with Gasteiger partial charge in [-0.05, 0) is 25.6 Å². The molecule has 2 nitrogen and oxygen atoms in total. The van der Waals surface area contributed by atoms with Crippen LogP contribution < -0.4 is 5.32 Å². The molecule has 0 aromatic rings. The largest absolute Gasteiger partial charge is 0.315 e. The molecule has 1 rings (SSSR count). The average Bonchev–Trinajstić information content (AvgIpc) is 2.40. The minimum atomic E-state index is 0. The zero-order valence-electron chi connectivity index (χ0n) is 8.34. The fourth-order valence-electron chi connectivity index (χ4n) is 1.98. The van der Waals surface area contributed by atoms with Crippen molar-refractivity contribution in [3.05, 3.63) is 0 Å². The molecule has 12 heavy (non-hydrogen) atoms. The van der Waals surface area contributed by atoms with E-state index in [1.807, 2.05) is 0 Å². The van der Waals surface area contributed by atoms with E-state index < -0.39 is 0 Å². The third kappa shape index (κ3) is 2.61. The van der Waals surface area contributed by atoms with Gasteiger partial charge in [0.1, 0.15) is 0 Å². The third-order valence-electron chi connectivity index (χ3n) is 2.76. The Bertz CT molecular complexity index is 115. The molecule has 0 aliphatic carbocycles. The van der Waals surface area contributed by atoms with Crippen LogP contribution in [0.1, 0.15) is 20.8 Å². The van der Waals surface area contributed by atoms with Gasteiger partial charge in [-0.15, -0.1) is 12.4 Å². The number of rotatable bonds is 3. The van der Waals surface area contributed by atoms with E-state index in [0.29, 0.717) is 0 Å². The molecule has 1 aliphatic rings. The highest BCUT2D eigenvalue weighted by Crippen LogP contribution is 2.14. The van der Waals surface area contributed by atoms with Gasteiger partial charge in [-0.2, -0.15) is 0 Å². The average molecular weight is 193 g/mol. The first kappa shape index (κ1) is 12.2. The summed E-state index contributed by atoms with van der Waals surface area (Å²) in [6.45, 7) is 11.6. The van der Waals surface area contributed by atoms with Gasteiger partial charge in [0.15, 0.2) is 0 Å². The Morgan fingerprint density at radius 1 is 1.25 bits per heavy atom. The lowest BCUT2D eigenvalue weighted by atomic mass is 10.1. The van der Waals surface area contributed by atoms with Crippen molar-refractivity contribution in [2.24, 2.45) is 5.92 Å². The summed E-state index contributed by atoms with van der Waals surface area (Å²) < 4.78 is 0. The molecule has 1 N–H and O–H groups in total. The molecule has 1 saturated heterocycles. The molecule has 1 aliphatic heterocycles. The maximum atomic E-state index is 3.43. The van der Waals surface area contributed by atoms with Crippen molar-refractivity contribution in [1.29, 1.82) is 0 Å². The van der Waals surface area contributed by atoms with E-state index >= 15 is 0 Å². The molecule has 0 spiro atoms. The van der Waals surface area contributed by atoms with Crippen LogP contribution in [0, 0.1) is 5.92 Å². The van der Waals surface area contributed by atoms with Gasteiger partial charge < -0.3 is 5.32 Å². The number of nitrogens with zero attached hydrogens (tertiary/aromatic N) is 1. The Morgan fingerprint density at radius 3 is 2.17 bits per heavy atom. The van der Waals surface area contributed by atoms with E-state index in [1.54, 1.807) is 0 Å². The van der Waals surface area contributed by atoms with Gasteiger partial charge in [0.25, 0.3) is 0 Å². The first-order valence-corrected chi connectivity index (χ1v) is 4.74. The highest BCUT2D eigenvalue weighted by molar-refractivity contribution is 5.85. The Labute approximate surface area is 82.1 Å².